The summed E-state index contributed by atoms with van der Waals surface area (Å²) in [5, 5.41) is 0. The smallest absolute Gasteiger partial charge is 0.406 e. The Labute approximate surface area is 190 Å². The Morgan fingerprint density at radius 1 is 1.28 bits per heavy atom. The van der Waals surface area contributed by atoms with E-state index in [1.165, 1.54) is 24.5 Å². The molecule has 176 valence electrons. The molecule has 1 aromatic carbocycles. The largest absolute Gasteiger partial charge is 0.573 e. The normalized spacial score (nSPS) is 22.1. The summed E-state index contributed by atoms with van der Waals surface area (Å²) in [5.41, 5.74) is 0.528. The third-order valence-electron chi connectivity index (χ3n) is 5.96. The van der Waals surface area contributed by atoms with Gasteiger partial charge in [-0.3, -0.25) is 0 Å². The average molecular weight is 475 g/mol. The van der Waals surface area contributed by atoms with Crippen molar-refractivity contribution in [2.45, 2.75) is 19.8 Å². The second-order valence-corrected chi connectivity index (χ2v) is 8.16. The number of aromatic nitrogens is 2. The highest BCUT2D eigenvalue weighted by Gasteiger charge is 2.55. The van der Waals surface area contributed by atoms with Crippen molar-refractivity contribution in [3.05, 3.63) is 42.4 Å². The number of imidazole rings is 1. The number of alkyl halides is 3. The molecule has 0 bridgehead atoms. The molecule has 2 aliphatic rings. The summed E-state index contributed by atoms with van der Waals surface area (Å²) >= 11 is 0. The molecule has 4 rings (SSSR count). The number of halogens is 4. The quantitative estimate of drug-likeness (QED) is 0.608. The summed E-state index contributed by atoms with van der Waals surface area (Å²) in [6, 6.07) is 5.67. The lowest BCUT2D eigenvalue weighted by atomic mass is 10.2. The zero-order chi connectivity index (χ0) is 22.2. The predicted octanol–water partition coefficient (Wildman–Crippen LogP) is 3.94. The fourth-order valence-electron chi connectivity index (χ4n) is 4.38. The van der Waals surface area contributed by atoms with E-state index in [0.29, 0.717) is 29.9 Å². The zero-order valence-electron chi connectivity index (χ0n) is 17.8. The molecule has 11 heteroatoms. The van der Waals surface area contributed by atoms with Gasteiger partial charge in [-0.25, -0.2) is 9.78 Å². The standard InChI is InChI=1S/C21H25F3N4O3.ClH/c1-3-27-9-16-17(10-27)18(16)11-28(20(29)30-19-12-26(2)13-25-19)8-14-5-4-6-15(7-14)31-21(22,23)24;/h4-7,12-13,16-18H,3,8-11H2,1-2H3;1H. The fourth-order valence-corrected chi connectivity index (χ4v) is 4.38. The first-order chi connectivity index (χ1) is 14.7. The monoisotopic (exact) mass is 474 g/mol. The molecule has 1 saturated heterocycles. The molecule has 1 aliphatic carbocycles. The lowest BCUT2D eigenvalue weighted by Crippen LogP contribution is -2.36. The first kappa shape index (κ1) is 24.2. The number of carbonyl (C=O) groups excluding carboxylic acids is 1. The van der Waals surface area contributed by atoms with Crippen LogP contribution in [0.15, 0.2) is 36.8 Å². The summed E-state index contributed by atoms with van der Waals surface area (Å²) in [5.74, 6) is 1.33. The van der Waals surface area contributed by atoms with Crippen LogP contribution in [0.25, 0.3) is 0 Å². The van der Waals surface area contributed by atoms with Crippen molar-refractivity contribution in [1.29, 1.82) is 0 Å². The van der Waals surface area contributed by atoms with Crippen LogP contribution in [-0.2, 0) is 13.6 Å². The van der Waals surface area contributed by atoms with Gasteiger partial charge in [-0.2, -0.15) is 0 Å². The lowest BCUT2D eigenvalue weighted by molar-refractivity contribution is -0.274. The number of carbonyl (C=O) groups is 1. The minimum atomic E-state index is -4.77. The fraction of sp³-hybridized carbons (Fsp3) is 0.524. The number of amides is 1. The van der Waals surface area contributed by atoms with Crippen LogP contribution in [-0.4, -0.2) is 58.0 Å². The summed E-state index contributed by atoms with van der Waals surface area (Å²) in [6.07, 6.45) is -2.24. The molecular weight excluding hydrogens is 449 g/mol. The van der Waals surface area contributed by atoms with Gasteiger partial charge in [0.25, 0.3) is 0 Å². The van der Waals surface area contributed by atoms with Gasteiger partial charge in [-0.1, -0.05) is 19.1 Å². The van der Waals surface area contributed by atoms with E-state index in [9.17, 15) is 18.0 Å². The maximum atomic E-state index is 12.9. The molecule has 2 aromatic rings. The third-order valence-corrected chi connectivity index (χ3v) is 5.96. The summed E-state index contributed by atoms with van der Waals surface area (Å²) in [6.45, 7) is 5.79. The van der Waals surface area contributed by atoms with Crippen molar-refractivity contribution in [2.24, 2.45) is 24.8 Å². The van der Waals surface area contributed by atoms with E-state index in [4.69, 9.17) is 4.74 Å². The van der Waals surface area contributed by atoms with Gasteiger partial charge in [-0.15, -0.1) is 25.6 Å². The molecule has 1 saturated carbocycles. The number of hydrogen-bond donors (Lipinski definition) is 0. The van der Waals surface area contributed by atoms with Crippen LogP contribution in [0.2, 0.25) is 0 Å². The molecule has 7 nitrogen and oxygen atoms in total. The average Bonchev–Trinajstić information content (AvgIpc) is 3.03. The van der Waals surface area contributed by atoms with E-state index in [2.05, 4.69) is 21.5 Å². The van der Waals surface area contributed by atoms with Crippen molar-refractivity contribution in [3.8, 4) is 11.6 Å². The number of nitrogens with zero attached hydrogens (tertiary/aromatic N) is 4. The van der Waals surface area contributed by atoms with E-state index in [1.807, 2.05) is 0 Å². The van der Waals surface area contributed by atoms with E-state index in [0.717, 1.165) is 19.6 Å². The first-order valence-corrected chi connectivity index (χ1v) is 10.2. The third kappa shape index (κ3) is 5.86. The zero-order valence-corrected chi connectivity index (χ0v) is 18.6. The number of benzene rings is 1. The predicted molar refractivity (Wildman–Crippen MR) is 113 cm³/mol. The molecule has 2 fully saturated rings. The van der Waals surface area contributed by atoms with Crippen LogP contribution in [0.1, 0.15) is 12.5 Å². The molecule has 1 aliphatic heterocycles. The van der Waals surface area contributed by atoms with Crippen molar-refractivity contribution in [2.75, 3.05) is 26.2 Å². The highest BCUT2D eigenvalue weighted by atomic mass is 35.5. The van der Waals surface area contributed by atoms with Crippen molar-refractivity contribution in [1.82, 2.24) is 19.4 Å². The number of fused-ring (bicyclic) bond motifs is 1. The van der Waals surface area contributed by atoms with Gasteiger partial charge >= 0.3 is 12.5 Å². The van der Waals surface area contributed by atoms with Gasteiger partial charge in [-0.05, 0) is 42.0 Å². The minimum absolute atomic E-state index is 0. The van der Waals surface area contributed by atoms with E-state index < -0.39 is 12.5 Å². The number of aryl methyl sites for hydroxylation is 1. The second-order valence-electron chi connectivity index (χ2n) is 8.16. The van der Waals surface area contributed by atoms with E-state index in [1.54, 1.807) is 28.8 Å². The van der Waals surface area contributed by atoms with Crippen LogP contribution in [0.4, 0.5) is 18.0 Å². The van der Waals surface area contributed by atoms with Crippen LogP contribution in [0.5, 0.6) is 11.6 Å². The van der Waals surface area contributed by atoms with E-state index >= 15 is 0 Å². The Morgan fingerprint density at radius 3 is 2.59 bits per heavy atom. The van der Waals surface area contributed by atoms with Crippen molar-refractivity contribution >= 4 is 18.5 Å². The topological polar surface area (TPSA) is 59.8 Å². The van der Waals surface area contributed by atoms with Gasteiger partial charge in [0, 0.05) is 33.2 Å². The lowest BCUT2D eigenvalue weighted by Gasteiger charge is -2.24. The van der Waals surface area contributed by atoms with Gasteiger partial charge in [0.05, 0.1) is 12.5 Å². The number of hydrogen-bond acceptors (Lipinski definition) is 5. The Balaban J connectivity index is 0.00000289. The van der Waals surface area contributed by atoms with Crippen LogP contribution < -0.4 is 9.47 Å². The molecule has 32 heavy (non-hydrogen) atoms. The van der Waals surface area contributed by atoms with Crippen LogP contribution in [0, 0.1) is 17.8 Å². The number of likely N-dealkylation sites (tertiary alicyclic amines) is 1. The van der Waals surface area contributed by atoms with Gasteiger partial charge in [0.1, 0.15) is 5.75 Å². The molecule has 2 heterocycles. The van der Waals surface area contributed by atoms with Gasteiger partial charge in [0.15, 0.2) is 0 Å². The number of piperidine rings is 1. The Kier molecular flexibility index (Phi) is 7.24. The van der Waals surface area contributed by atoms with Gasteiger partial charge in [0.2, 0.25) is 5.88 Å². The SMILES string of the molecule is CCN1CC2C(C1)C2CN(Cc1cccc(OC(F)(F)F)c1)C(=O)Oc1cn(C)cn1.Cl. The molecule has 2 unspecified atom stereocenters. The maximum absolute atomic E-state index is 12.9. The van der Waals surface area contributed by atoms with Crippen molar-refractivity contribution < 1.29 is 27.4 Å². The van der Waals surface area contributed by atoms with E-state index in [-0.39, 0.29) is 30.6 Å². The van der Waals surface area contributed by atoms with Gasteiger partial charge < -0.3 is 23.8 Å². The summed E-state index contributed by atoms with van der Waals surface area (Å²) in [4.78, 5) is 20.8. The van der Waals surface area contributed by atoms with Crippen LogP contribution in [0.3, 0.4) is 0 Å². The summed E-state index contributed by atoms with van der Waals surface area (Å²) in [7, 11) is 1.76. The number of rotatable bonds is 7. The van der Waals surface area contributed by atoms with Crippen LogP contribution >= 0.6 is 12.4 Å². The molecule has 0 radical (unpaired) electrons. The Bertz CT molecular complexity index is 927. The Morgan fingerprint density at radius 2 is 2.00 bits per heavy atom. The highest BCUT2D eigenvalue weighted by molar-refractivity contribution is 5.85. The molecule has 0 spiro atoms. The maximum Gasteiger partial charge on any atom is 0.573 e. The first-order valence-electron chi connectivity index (χ1n) is 10.2. The van der Waals surface area contributed by atoms with Crippen molar-refractivity contribution in [3.63, 3.8) is 0 Å². The molecule has 1 aromatic heterocycles. The highest BCUT2D eigenvalue weighted by Crippen LogP contribution is 2.52. The number of ether oxygens (including phenoxy) is 2. The summed E-state index contributed by atoms with van der Waals surface area (Å²) < 4.78 is 48.8. The second kappa shape index (κ2) is 9.58. The molecule has 0 N–H and O–H groups in total. The Hall–Kier alpha value is -2.46. The molecular formula is C21H26ClF3N4O3. The molecule has 2 atom stereocenters. The molecule has 1 amide bonds. The minimum Gasteiger partial charge on any atom is -0.406 e.